The molecular formula is C13H22N4O. The van der Waals surface area contributed by atoms with Gasteiger partial charge in [-0.1, -0.05) is 13.8 Å². The third kappa shape index (κ3) is 2.72. The van der Waals surface area contributed by atoms with Gasteiger partial charge in [-0.3, -0.25) is 4.79 Å². The summed E-state index contributed by atoms with van der Waals surface area (Å²) in [5.74, 6) is 0.505. The lowest BCUT2D eigenvalue weighted by Gasteiger charge is -2.20. The van der Waals surface area contributed by atoms with Crippen molar-refractivity contribution in [1.82, 2.24) is 14.5 Å². The molecule has 1 fully saturated rings. The summed E-state index contributed by atoms with van der Waals surface area (Å²) in [7, 11) is 0. The summed E-state index contributed by atoms with van der Waals surface area (Å²) in [5, 5.41) is 0. The van der Waals surface area contributed by atoms with Crippen LogP contribution in [0.1, 0.15) is 38.4 Å². The second kappa shape index (κ2) is 5.52. The molecule has 2 heterocycles. The number of rotatable bonds is 4. The lowest BCUT2D eigenvalue weighted by atomic mass is 10.0. The third-order valence-corrected chi connectivity index (χ3v) is 3.57. The van der Waals surface area contributed by atoms with Crippen LogP contribution in [0.3, 0.4) is 0 Å². The van der Waals surface area contributed by atoms with Gasteiger partial charge in [0.2, 0.25) is 5.91 Å². The Labute approximate surface area is 108 Å². The van der Waals surface area contributed by atoms with Gasteiger partial charge in [0.25, 0.3) is 0 Å². The fourth-order valence-corrected chi connectivity index (χ4v) is 2.29. The van der Waals surface area contributed by atoms with E-state index >= 15 is 0 Å². The number of hydrogen-bond donors (Lipinski definition) is 1. The monoisotopic (exact) mass is 250 g/mol. The van der Waals surface area contributed by atoms with Gasteiger partial charge in [0.15, 0.2) is 0 Å². The fourth-order valence-electron chi connectivity index (χ4n) is 2.29. The first-order chi connectivity index (χ1) is 8.59. The first-order valence-electron chi connectivity index (χ1n) is 6.63. The van der Waals surface area contributed by atoms with Crippen LogP contribution in [0.4, 0.5) is 0 Å². The first-order valence-corrected chi connectivity index (χ1v) is 6.63. The maximum Gasteiger partial charge on any atom is 0.242 e. The minimum atomic E-state index is -0.0705. The van der Waals surface area contributed by atoms with Crippen LogP contribution in [0.15, 0.2) is 12.5 Å². The van der Waals surface area contributed by atoms with E-state index in [1.807, 2.05) is 9.47 Å². The van der Waals surface area contributed by atoms with Crippen molar-refractivity contribution in [3.05, 3.63) is 18.2 Å². The number of imidazole rings is 1. The van der Waals surface area contributed by atoms with Crippen molar-refractivity contribution in [2.75, 3.05) is 13.1 Å². The lowest BCUT2D eigenvalue weighted by Crippen LogP contribution is -2.32. The van der Waals surface area contributed by atoms with Gasteiger partial charge >= 0.3 is 0 Å². The molecule has 1 saturated heterocycles. The van der Waals surface area contributed by atoms with Gasteiger partial charge in [0.1, 0.15) is 6.54 Å². The molecule has 0 saturated carbocycles. The standard InChI is InChI=1S/C13H22N4O/c1-10(2)13(14)11-7-15-9-17(11)8-12(18)16-5-3-4-6-16/h7,9-10,13H,3-6,8,14H2,1-2H3. The highest BCUT2D eigenvalue weighted by Gasteiger charge is 2.21. The SMILES string of the molecule is CC(C)C(N)c1cncn1CC(=O)N1CCCC1. The van der Waals surface area contributed by atoms with Gasteiger partial charge in [-0.15, -0.1) is 0 Å². The normalized spacial score (nSPS) is 17.4. The molecule has 1 aliphatic rings. The molecule has 1 atom stereocenters. The van der Waals surface area contributed by atoms with Crippen LogP contribution in [-0.2, 0) is 11.3 Å². The van der Waals surface area contributed by atoms with Gasteiger partial charge in [0, 0.05) is 25.3 Å². The second-order valence-electron chi connectivity index (χ2n) is 5.30. The highest BCUT2D eigenvalue weighted by molar-refractivity contribution is 5.76. The minimum absolute atomic E-state index is 0.0705. The number of aromatic nitrogens is 2. The largest absolute Gasteiger partial charge is 0.341 e. The molecule has 5 heteroatoms. The predicted molar refractivity (Wildman–Crippen MR) is 69.8 cm³/mol. The molecule has 1 aromatic heterocycles. The van der Waals surface area contributed by atoms with E-state index in [-0.39, 0.29) is 11.9 Å². The number of hydrogen-bond acceptors (Lipinski definition) is 3. The Morgan fingerprint density at radius 3 is 2.72 bits per heavy atom. The number of likely N-dealkylation sites (tertiary alicyclic amines) is 1. The van der Waals surface area contributed by atoms with E-state index < -0.39 is 0 Å². The topological polar surface area (TPSA) is 64.1 Å². The van der Waals surface area contributed by atoms with Crippen LogP contribution in [0, 0.1) is 5.92 Å². The maximum atomic E-state index is 12.1. The van der Waals surface area contributed by atoms with Crippen molar-refractivity contribution in [3.63, 3.8) is 0 Å². The summed E-state index contributed by atoms with van der Waals surface area (Å²) in [6.45, 7) is 6.28. The number of nitrogens with zero attached hydrogens (tertiary/aromatic N) is 3. The molecule has 0 aliphatic carbocycles. The van der Waals surface area contributed by atoms with Crippen LogP contribution in [0.25, 0.3) is 0 Å². The maximum absolute atomic E-state index is 12.1. The molecule has 18 heavy (non-hydrogen) atoms. The molecule has 1 amide bonds. The van der Waals surface area contributed by atoms with E-state index in [2.05, 4.69) is 18.8 Å². The zero-order chi connectivity index (χ0) is 13.1. The quantitative estimate of drug-likeness (QED) is 0.872. The molecule has 1 unspecified atom stereocenters. The zero-order valence-corrected chi connectivity index (χ0v) is 11.2. The van der Waals surface area contributed by atoms with Gasteiger partial charge in [-0.05, 0) is 18.8 Å². The molecule has 0 aromatic carbocycles. The van der Waals surface area contributed by atoms with Crippen LogP contribution in [0.2, 0.25) is 0 Å². The summed E-state index contributed by atoms with van der Waals surface area (Å²) in [5.41, 5.74) is 7.07. The van der Waals surface area contributed by atoms with E-state index in [1.165, 1.54) is 0 Å². The Morgan fingerprint density at radius 1 is 1.44 bits per heavy atom. The van der Waals surface area contributed by atoms with Crippen LogP contribution >= 0.6 is 0 Å². The summed E-state index contributed by atoms with van der Waals surface area (Å²) in [6.07, 6.45) is 5.70. The summed E-state index contributed by atoms with van der Waals surface area (Å²) in [6, 6.07) is -0.0705. The van der Waals surface area contributed by atoms with E-state index in [4.69, 9.17) is 5.73 Å². The van der Waals surface area contributed by atoms with Crippen LogP contribution < -0.4 is 5.73 Å². The Kier molecular flexibility index (Phi) is 4.01. The van der Waals surface area contributed by atoms with Crippen LogP contribution in [-0.4, -0.2) is 33.4 Å². The minimum Gasteiger partial charge on any atom is -0.341 e. The van der Waals surface area contributed by atoms with Crippen molar-refractivity contribution in [2.45, 2.75) is 39.3 Å². The number of nitrogens with two attached hydrogens (primary N) is 1. The Hall–Kier alpha value is -1.36. The van der Waals surface area contributed by atoms with Gasteiger partial charge in [0.05, 0.1) is 12.0 Å². The molecule has 0 radical (unpaired) electrons. The molecule has 2 rings (SSSR count). The van der Waals surface area contributed by atoms with E-state index in [9.17, 15) is 4.79 Å². The average Bonchev–Trinajstić information content (AvgIpc) is 2.98. The average molecular weight is 250 g/mol. The molecule has 1 aromatic rings. The predicted octanol–water partition coefficient (Wildman–Crippen LogP) is 1.16. The molecule has 5 nitrogen and oxygen atoms in total. The first kappa shape index (κ1) is 13.1. The smallest absolute Gasteiger partial charge is 0.242 e. The molecule has 2 N–H and O–H groups in total. The fraction of sp³-hybridized carbons (Fsp3) is 0.692. The number of amides is 1. The number of carbonyl (C=O) groups is 1. The molecular weight excluding hydrogens is 228 g/mol. The molecule has 0 bridgehead atoms. The summed E-state index contributed by atoms with van der Waals surface area (Å²) in [4.78, 5) is 18.1. The second-order valence-corrected chi connectivity index (χ2v) is 5.30. The Morgan fingerprint density at radius 2 is 2.11 bits per heavy atom. The van der Waals surface area contributed by atoms with Crippen molar-refractivity contribution in [2.24, 2.45) is 11.7 Å². The van der Waals surface area contributed by atoms with Crippen molar-refractivity contribution >= 4 is 5.91 Å². The zero-order valence-electron chi connectivity index (χ0n) is 11.2. The van der Waals surface area contributed by atoms with E-state index in [0.29, 0.717) is 12.5 Å². The molecule has 100 valence electrons. The molecule has 1 aliphatic heterocycles. The van der Waals surface area contributed by atoms with Gasteiger partial charge in [-0.25, -0.2) is 4.98 Å². The Balaban J connectivity index is 2.05. The van der Waals surface area contributed by atoms with Gasteiger partial charge < -0.3 is 15.2 Å². The summed E-state index contributed by atoms with van der Waals surface area (Å²) < 4.78 is 1.88. The third-order valence-electron chi connectivity index (χ3n) is 3.57. The summed E-state index contributed by atoms with van der Waals surface area (Å²) >= 11 is 0. The lowest BCUT2D eigenvalue weighted by molar-refractivity contribution is -0.130. The van der Waals surface area contributed by atoms with Crippen molar-refractivity contribution in [3.8, 4) is 0 Å². The molecule has 0 spiro atoms. The van der Waals surface area contributed by atoms with Crippen molar-refractivity contribution < 1.29 is 4.79 Å². The highest BCUT2D eigenvalue weighted by Crippen LogP contribution is 2.18. The van der Waals surface area contributed by atoms with Gasteiger partial charge in [-0.2, -0.15) is 0 Å². The van der Waals surface area contributed by atoms with E-state index in [0.717, 1.165) is 31.6 Å². The number of carbonyl (C=O) groups excluding carboxylic acids is 1. The highest BCUT2D eigenvalue weighted by atomic mass is 16.2. The van der Waals surface area contributed by atoms with Crippen molar-refractivity contribution in [1.29, 1.82) is 0 Å². The van der Waals surface area contributed by atoms with E-state index in [1.54, 1.807) is 12.5 Å². The Bertz CT molecular complexity index is 407. The van der Waals surface area contributed by atoms with Crippen LogP contribution in [0.5, 0.6) is 0 Å².